The van der Waals surface area contributed by atoms with Crippen molar-refractivity contribution in [3.05, 3.63) is 46.3 Å². The number of hydrogen-bond acceptors (Lipinski definition) is 6. The Morgan fingerprint density at radius 2 is 2.37 bits per heavy atom. The van der Waals surface area contributed by atoms with Crippen LogP contribution in [0.4, 0.5) is 11.4 Å². The standard InChI is InChI=1S/C11H13N5O2S/c1-15-6-9(5-13-15)19-7-8-2-3-11(16(17)18)10(4-8)14-12/h2-6,14H,7,12H2,1H3. The number of hydrazine groups is 1. The Hall–Kier alpha value is -2.06. The Balaban J connectivity index is 2.11. The quantitative estimate of drug-likeness (QED) is 0.375. The van der Waals surface area contributed by atoms with E-state index in [1.807, 2.05) is 13.2 Å². The third kappa shape index (κ3) is 3.24. The summed E-state index contributed by atoms with van der Waals surface area (Å²) in [7, 11) is 1.85. The van der Waals surface area contributed by atoms with E-state index < -0.39 is 4.92 Å². The van der Waals surface area contributed by atoms with Gasteiger partial charge in [-0.3, -0.25) is 20.6 Å². The van der Waals surface area contributed by atoms with Gasteiger partial charge in [0.1, 0.15) is 5.69 Å². The number of nitrogen functional groups attached to an aromatic ring is 1. The van der Waals surface area contributed by atoms with Crippen LogP contribution < -0.4 is 11.3 Å². The van der Waals surface area contributed by atoms with Crippen molar-refractivity contribution in [1.82, 2.24) is 9.78 Å². The highest BCUT2D eigenvalue weighted by molar-refractivity contribution is 7.98. The second kappa shape index (κ2) is 5.72. The number of thioether (sulfide) groups is 1. The normalized spacial score (nSPS) is 10.4. The third-order valence-electron chi connectivity index (χ3n) is 2.50. The molecule has 0 saturated heterocycles. The molecule has 0 amide bonds. The van der Waals surface area contributed by atoms with Crippen LogP contribution in [-0.2, 0) is 12.8 Å². The number of anilines is 1. The number of nitrogens with one attached hydrogen (secondary N) is 1. The van der Waals surface area contributed by atoms with E-state index in [0.29, 0.717) is 11.4 Å². The molecule has 0 aliphatic rings. The first kappa shape index (κ1) is 13.4. The fourth-order valence-electron chi connectivity index (χ4n) is 1.59. The highest BCUT2D eigenvalue weighted by Crippen LogP contribution is 2.28. The Bertz CT molecular complexity index is 599. The zero-order valence-electron chi connectivity index (χ0n) is 10.2. The minimum Gasteiger partial charge on any atom is -0.318 e. The average Bonchev–Trinajstić information content (AvgIpc) is 2.81. The Morgan fingerprint density at radius 3 is 2.95 bits per heavy atom. The molecule has 3 N–H and O–H groups in total. The molecule has 0 spiro atoms. The first-order chi connectivity index (χ1) is 9.10. The molecule has 0 bridgehead atoms. The van der Waals surface area contributed by atoms with Gasteiger partial charge in [0.05, 0.1) is 11.1 Å². The molecule has 19 heavy (non-hydrogen) atoms. The topological polar surface area (TPSA) is 99.0 Å². The van der Waals surface area contributed by atoms with E-state index in [1.165, 1.54) is 6.07 Å². The summed E-state index contributed by atoms with van der Waals surface area (Å²) < 4.78 is 1.73. The lowest BCUT2D eigenvalue weighted by Crippen LogP contribution is -2.09. The van der Waals surface area contributed by atoms with Gasteiger partial charge in [0, 0.05) is 30.0 Å². The summed E-state index contributed by atoms with van der Waals surface area (Å²) in [6.07, 6.45) is 3.69. The maximum Gasteiger partial charge on any atom is 0.293 e. The fraction of sp³-hybridized carbons (Fsp3) is 0.182. The van der Waals surface area contributed by atoms with E-state index in [4.69, 9.17) is 5.84 Å². The molecule has 0 fully saturated rings. The third-order valence-corrected chi connectivity index (χ3v) is 3.52. The molecule has 100 valence electrons. The minimum absolute atomic E-state index is 0.0300. The van der Waals surface area contributed by atoms with Crippen LogP contribution in [0.2, 0.25) is 0 Å². The van der Waals surface area contributed by atoms with Crippen molar-refractivity contribution in [3.8, 4) is 0 Å². The number of rotatable bonds is 5. The summed E-state index contributed by atoms with van der Waals surface area (Å²) in [5.74, 6) is 5.99. The van der Waals surface area contributed by atoms with Crippen molar-refractivity contribution in [1.29, 1.82) is 0 Å². The molecule has 0 saturated carbocycles. The van der Waals surface area contributed by atoms with E-state index in [-0.39, 0.29) is 5.69 Å². The van der Waals surface area contributed by atoms with Crippen molar-refractivity contribution in [2.75, 3.05) is 5.43 Å². The average molecular weight is 279 g/mol. The predicted molar refractivity (Wildman–Crippen MR) is 73.7 cm³/mol. The molecule has 8 heteroatoms. The van der Waals surface area contributed by atoms with E-state index in [9.17, 15) is 10.1 Å². The summed E-state index contributed by atoms with van der Waals surface area (Å²) in [5.41, 5.74) is 3.59. The van der Waals surface area contributed by atoms with E-state index >= 15 is 0 Å². The molecule has 0 aliphatic heterocycles. The molecular weight excluding hydrogens is 266 g/mol. The Labute approximate surface area is 113 Å². The van der Waals surface area contributed by atoms with Crippen LogP contribution in [0.3, 0.4) is 0 Å². The first-order valence-corrected chi connectivity index (χ1v) is 6.44. The van der Waals surface area contributed by atoms with Gasteiger partial charge >= 0.3 is 0 Å². The van der Waals surface area contributed by atoms with Crippen LogP contribution in [0.1, 0.15) is 5.56 Å². The van der Waals surface area contributed by atoms with Crippen LogP contribution in [0, 0.1) is 10.1 Å². The van der Waals surface area contributed by atoms with Gasteiger partial charge in [-0.05, 0) is 11.6 Å². The highest BCUT2D eigenvalue weighted by Gasteiger charge is 2.13. The van der Waals surface area contributed by atoms with Crippen molar-refractivity contribution in [3.63, 3.8) is 0 Å². The minimum atomic E-state index is -0.465. The summed E-state index contributed by atoms with van der Waals surface area (Å²) in [6.45, 7) is 0. The lowest BCUT2D eigenvalue weighted by molar-refractivity contribution is -0.384. The second-order valence-corrected chi connectivity index (χ2v) is 4.94. The molecular formula is C11H13N5O2S. The number of nitrogens with two attached hydrogens (primary N) is 1. The second-order valence-electron chi connectivity index (χ2n) is 3.89. The van der Waals surface area contributed by atoms with E-state index in [2.05, 4.69) is 10.5 Å². The monoisotopic (exact) mass is 279 g/mol. The zero-order chi connectivity index (χ0) is 13.8. The van der Waals surface area contributed by atoms with Crippen molar-refractivity contribution < 1.29 is 4.92 Å². The lowest BCUT2D eigenvalue weighted by Gasteiger charge is -2.05. The number of hydrogen-bond donors (Lipinski definition) is 2. The highest BCUT2D eigenvalue weighted by atomic mass is 32.2. The number of nitro groups is 1. The van der Waals surface area contributed by atoms with Gasteiger partial charge in [0.25, 0.3) is 5.69 Å². The number of benzene rings is 1. The van der Waals surface area contributed by atoms with Crippen LogP contribution in [0.25, 0.3) is 0 Å². The molecule has 2 aromatic rings. The van der Waals surface area contributed by atoms with Gasteiger partial charge < -0.3 is 5.43 Å². The van der Waals surface area contributed by atoms with Crippen LogP contribution in [-0.4, -0.2) is 14.7 Å². The van der Waals surface area contributed by atoms with E-state index in [1.54, 1.807) is 34.8 Å². The molecule has 0 aliphatic carbocycles. The summed E-state index contributed by atoms with van der Waals surface area (Å²) in [4.78, 5) is 11.3. The number of nitrogens with zero attached hydrogens (tertiary/aromatic N) is 3. The number of aryl methyl sites for hydroxylation is 1. The summed E-state index contributed by atoms with van der Waals surface area (Å²) in [5, 5.41) is 14.8. The molecule has 7 nitrogen and oxygen atoms in total. The van der Waals surface area contributed by atoms with Gasteiger partial charge in [0.15, 0.2) is 0 Å². The molecule has 1 aromatic carbocycles. The lowest BCUT2D eigenvalue weighted by atomic mass is 10.2. The van der Waals surface area contributed by atoms with Crippen LogP contribution >= 0.6 is 11.8 Å². The van der Waals surface area contributed by atoms with Gasteiger partial charge in [-0.1, -0.05) is 6.07 Å². The fourth-order valence-corrected chi connectivity index (χ4v) is 2.45. The maximum absolute atomic E-state index is 10.8. The number of aromatic nitrogens is 2. The van der Waals surface area contributed by atoms with Crippen molar-refractivity contribution in [2.45, 2.75) is 10.6 Å². The largest absolute Gasteiger partial charge is 0.318 e. The van der Waals surface area contributed by atoms with Gasteiger partial charge in [-0.2, -0.15) is 5.10 Å². The maximum atomic E-state index is 10.8. The summed E-state index contributed by atoms with van der Waals surface area (Å²) in [6, 6.07) is 4.86. The predicted octanol–water partition coefficient (Wildman–Crippen LogP) is 1.91. The van der Waals surface area contributed by atoms with Crippen molar-refractivity contribution >= 4 is 23.1 Å². The first-order valence-electron chi connectivity index (χ1n) is 5.45. The number of nitro benzene ring substituents is 1. The molecule has 0 radical (unpaired) electrons. The Morgan fingerprint density at radius 1 is 1.58 bits per heavy atom. The van der Waals surface area contributed by atoms with Crippen LogP contribution in [0.5, 0.6) is 0 Å². The molecule has 2 rings (SSSR count). The van der Waals surface area contributed by atoms with Gasteiger partial charge in [-0.25, -0.2) is 0 Å². The molecule has 1 heterocycles. The Kier molecular flexibility index (Phi) is 4.03. The molecule has 0 atom stereocenters. The SMILES string of the molecule is Cn1cc(SCc2ccc([N+](=O)[O-])c(NN)c2)cn1. The van der Waals surface area contributed by atoms with Gasteiger partial charge in [-0.15, -0.1) is 11.8 Å². The van der Waals surface area contributed by atoms with Crippen LogP contribution in [0.15, 0.2) is 35.5 Å². The van der Waals surface area contributed by atoms with E-state index in [0.717, 1.165) is 10.5 Å². The molecule has 0 unspecified atom stereocenters. The van der Waals surface area contributed by atoms with Crippen molar-refractivity contribution in [2.24, 2.45) is 12.9 Å². The van der Waals surface area contributed by atoms with Gasteiger partial charge in [0.2, 0.25) is 0 Å². The zero-order valence-corrected chi connectivity index (χ0v) is 11.1. The summed E-state index contributed by atoms with van der Waals surface area (Å²) >= 11 is 1.61. The molecule has 1 aromatic heterocycles. The smallest absolute Gasteiger partial charge is 0.293 e.